The molecule has 0 radical (unpaired) electrons. The summed E-state index contributed by atoms with van der Waals surface area (Å²) in [6.45, 7) is 4.48. The molecule has 2 N–H and O–H groups in total. The summed E-state index contributed by atoms with van der Waals surface area (Å²) in [6.07, 6.45) is 7.73. The van der Waals surface area contributed by atoms with Crippen molar-refractivity contribution in [3.05, 3.63) is 94.9 Å². The number of carbonyl (C=O) groups excluding carboxylic acids is 4. The summed E-state index contributed by atoms with van der Waals surface area (Å²) in [6, 6.07) is 15.0. The summed E-state index contributed by atoms with van der Waals surface area (Å²) in [5.74, 6) is -1.36. The summed E-state index contributed by atoms with van der Waals surface area (Å²) in [4.78, 5) is 62.2. The van der Waals surface area contributed by atoms with Gasteiger partial charge in [0.2, 0.25) is 11.8 Å². The van der Waals surface area contributed by atoms with Crippen LogP contribution in [0.2, 0.25) is 0 Å². The number of amides is 3. The lowest BCUT2D eigenvalue weighted by atomic mass is 9.91. The Morgan fingerprint density at radius 3 is 2.59 bits per heavy atom. The second-order valence-corrected chi connectivity index (χ2v) is 18.1. The second-order valence-electron chi connectivity index (χ2n) is 14.9. The number of hydrogen-bond donors (Lipinski definition) is 2. The second kappa shape index (κ2) is 17.2. The fraction of sp³-hybridized carbons (Fsp3) is 0.439. The lowest BCUT2D eigenvalue weighted by molar-refractivity contribution is -0.149. The number of benzene rings is 2. The van der Waals surface area contributed by atoms with Crippen LogP contribution >= 0.6 is 18.9 Å². The number of fused-ring (bicyclic) bond motifs is 2. The van der Waals surface area contributed by atoms with Gasteiger partial charge >= 0.3 is 13.5 Å². The fourth-order valence-corrected chi connectivity index (χ4v) is 10.9. The van der Waals surface area contributed by atoms with E-state index in [0.717, 1.165) is 35.8 Å². The number of likely N-dealkylation sites (tertiary alicyclic amines) is 1. The minimum absolute atomic E-state index is 0.0352. The first-order valence-corrected chi connectivity index (χ1v) is 22.0. The van der Waals surface area contributed by atoms with Crippen molar-refractivity contribution in [1.29, 1.82) is 0 Å². The van der Waals surface area contributed by atoms with E-state index in [4.69, 9.17) is 9.26 Å². The van der Waals surface area contributed by atoms with E-state index in [1.54, 1.807) is 47.1 Å². The molecule has 2 aromatic carbocycles. The van der Waals surface area contributed by atoms with Crippen molar-refractivity contribution in [1.82, 2.24) is 25.2 Å². The van der Waals surface area contributed by atoms with Crippen LogP contribution in [0.1, 0.15) is 85.5 Å². The average molecular weight is 804 g/mol. The van der Waals surface area contributed by atoms with Crippen LogP contribution < -0.4 is 14.9 Å². The maximum absolute atomic E-state index is 14.3. The van der Waals surface area contributed by atoms with Crippen molar-refractivity contribution < 1.29 is 37.4 Å². The Morgan fingerprint density at radius 1 is 1.04 bits per heavy atom. The molecule has 3 aliphatic rings. The maximum Gasteiger partial charge on any atom is 0.323 e. The Labute approximate surface area is 329 Å². The van der Waals surface area contributed by atoms with E-state index in [0.29, 0.717) is 54.1 Å². The minimum atomic E-state index is -3.69. The number of ether oxygens (including phenoxy) is 1. The average Bonchev–Trinajstić information content (AvgIpc) is 3.78. The van der Waals surface area contributed by atoms with Crippen molar-refractivity contribution in [2.75, 3.05) is 19.7 Å². The van der Waals surface area contributed by atoms with Crippen molar-refractivity contribution in [2.45, 2.75) is 95.0 Å². The molecule has 0 spiro atoms. The van der Waals surface area contributed by atoms with Gasteiger partial charge in [-0.3, -0.25) is 28.7 Å². The molecular formula is C41H47FN5O7PS. The molecule has 0 saturated carbocycles. The van der Waals surface area contributed by atoms with E-state index in [2.05, 4.69) is 15.4 Å². The molecule has 3 saturated heterocycles. The minimum Gasteiger partial charge on any atom is -0.465 e. The number of rotatable bonds is 13. The Bertz CT molecular complexity index is 2130. The lowest BCUT2D eigenvalue weighted by Crippen LogP contribution is -2.59. The monoisotopic (exact) mass is 803 g/mol. The first kappa shape index (κ1) is 39.6. The number of pyridine rings is 1. The van der Waals surface area contributed by atoms with Crippen LogP contribution in [0.5, 0.6) is 5.75 Å². The Morgan fingerprint density at radius 2 is 1.82 bits per heavy atom. The van der Waals surface area contributed by atoms with Crippen molar-refractivity contribution in [3.8, 4) is 5.75 Å². The van der Waals surface area contributed by atoms with E-state index in [9.17, 15) is 28.1 Å². The van der Waals surface area contributed by atoms with E-state index >= 15 is 0 Å². The van der Waals surface area contributed by atoms with Gasteiger partial charge in [-0.25, -0.2) is 9.48 Å². The van der Waals surface area contributed by atoms with Gasteiger partial charge in [-0.15, -0.1) is 11.3 Å². The molecule has 15 heteroatoms. The Balaban J connectivity index is 1.03. The van der Waals surface area contributed by atoms with E-state index < -0.39 is 31.6 Å². The number of nitrogens with zero attached hydrogens (tertiary/aromatic N) is 3. The number of esters is 1. The molecule has 1 unspecified atom stereocenters. The molecule has 296 valence electrons. The molecule has 3 amide bonds. The third-order valence-electron chi connectivity index (χ3n) is 10.7. The third kappa shape index (κ3) is 8.82. The SMILES string of the molecule is CCCOC(=O)[C@H](C)NP(=O)(Cc1ccc2sc(C(=O)N[C@H]3CCCC[C@H]4CC[C@@H](C(=O)N5CC(c6cnccc6F)C5)N4C3=O)cc2c1)Oc1ccccc1. The molecule has 4 aromatic rings. The Hall–Kier alpha value is -4.65. The smallest absolute Gasteiger partial charge is 0.323 e. The number of thiophene rings is 1. The zero-order valence-electron chi connectivity index (χ0n) is 31.5. The topological polar surface area (TPSA) is 147 Å². The van der Waals surface area contributed by atoms with Crippen LogP contribution in [-0.4, -0.2) is 82.3 Å². The maximum atomic E-state index is 14.3. The first-order valence-electron chi connectivity index (χ1n) is 19.3. The van der Waals surface area contributed by atoms with Gasteiger partial charge in [-0.2, -0.15) is 0 Å². The quantitative estimate of drug-likeness (QED) is 0.110. The number of aromatic nitrogens is 1. The molecule has 3 aliphatic heterocycles. The molecule has 56 heavy (non-hydrogen) atoms. The van der Waals surface area contributed by atoms with Crippen LogP contribution in [0.3, 0.4) is 0 Å². The van der Waals surface area contributed by atoms with Crippen LogP contribution in [0.25, 0.3) is 10.1 Å². The summed E-state index contributed by atoms with van der Waals surface area (Å²) in [5.41, 5.74) is 1.17. The highest BCUT2D eigenvalue weighted by Gasteiger charge is 2.47. The number of carbonyl (C=O) groups is 4. The highest BCUT2D eigenvalue weighted by molar-refractivity contribution is 7.56. The van der Waals surface area contributed by atoms with Crippen molar-refractivity contribution in [2.24, 2.45) is 0 Å². The van der Waals surface area contributed by atoms with E-state index in [1.807, 2.05) is 31.2 Å². The normalized spacial score (nSPS) is 21.6. The molecule has 0 aliphatic carbocycles. The number of hydrogen-bond acceptors (Lipinski definition) is 9. The molecule has 12 nitrogen and oxygen atoms in total. The zero-order chi connectivity index (χ0) is 39.4. The molecule has 3 fully saturated rings. The third-order valence-corrected chi connectivity index (χ3v) is 13.9. The predicted octanol–water partition coefficient (Wildman–Crippen LogP) is 6.80. The van der Waals surface area contributed by atoms with Gasteiger partial charge in [0.25, 0.3) is 5.91 Å². The highest BCUT2D eigenvalue weighted by Crippen LogP contribution is 2.47. The highest BCUT2D eigenvalue weighted by atomic mass is 32.1. The molecule has 0 bridgehead atoms. The van der Waals surface area contributed by atoms with Crippen LogP contribution in [0, 0.1) is 5.82 Å². The predicted molar refractivity (Wildman–Crippen MR) is 211 cm³/mol. The standard InChI is InChI=1S/C41H47FN5O7PS/c1-3-19-53-41(51)26(2)45-55(52,54-31-10-5-4-6-11-31)25-27-13-16-36-28(20-27)21-37(56-36)38(48)44-34-12-8-7-9-30-14-15-35(47(30)39(34)49)40(50)46-23-29(24-46)32-22-43-18-17-33(32)42/h4-6,10-11,13,16-18,20-22,26,29-30,34-35H,3,7-9,12,14-15,19,23-25H2,1-2H3,(H,44,48)(H,45,52)/t26-,30-,34-,35-,55?/m0/s1. The fourth-order valence-electron chi connectivity index (χ4n) is 7.87. The van der Waals surface area contributed by atoms with Crippen LogP contribution in [-0.2, 0) is 29.8 Å². The summed E-state index contributed by atoms with van der Waals surface area (Å²) in [7, 11) is -3.69. The van der Waals surface area contributed by atoms with Crippen molar-refractivity contribution >= 4 is 52.6 Å². The molecule has 5 heterocycles. The van der Waals surface area contributed by atoms with Gasteiger partial charge in [0.15, 0.2) is 0 Å². The zero-order valence-corrected chi connectivity index (χ0v) is 33.2. The summed E-state index contributed by atoms with van der Waals surface area (Å²) >= 11 is 1.29. The Kier molecular flexibility index (Phi) is 12.2. The number of halogens is 1. The van der Waals surface area contributed by atoms with Gasteiger partial charge in [-0.05, 0) is 86.4 Å². The first-order chi connectivity index (χ1) is 27.0. The summed E-state index contributed by atoms with van der Waals surface area (Å²) < 4.78 is 40.7. The largest absolute Gasteiger partial charge is 0.465 e. The molecule has 7 rings (SSSR count). The van der Waals surface area contributed by atoms with E-state index in [-0.39, 0.29) is 48.3 Å². The molecular weight excluding hydrogens is 757 g/mol. The lowest BCUT2D eigenvalue weighted by Gasteiger charge is -2.43. The van der Waals surface area contributed by atoms with Crippen LogP contribution in [0.15, 0.2) is 73.1 Å². The van der Waals surface area contributed by atoms with Gasteiger partial charge in [0, 0.05) is 47.7 Å². The summed E-state index contributed by atoms with van der Waals surface area (Å²) in [5, 5.41) is 6.65. The number of nitrogens with one attached hydrogen (secondary N) is 2. The van der Waals surface area contributed by atoms with Gasteiger partial charge in [-0.1, -0.05) is 44.0 Å². The van der Waals surface area contributed by atoms with E-state index in [1.165, 1.54) is 29.8 Å². The van der Waals surface area contributed by atoms with Crippen molar-refractivity contribution in [3.63, 3.8) is 0 Å². The number of para-hydroxylation sites is 1. The molecule has 2 aromatic heterocycles. The van der Waals surface area contributed by atoms with Gasteiger partial charge in [0.05, 0.1) is 17.6 Å². The van der Waals surface area contributed by atoms with Gasteiger partial charge in [0.1, 0.15) is 29.7 Å². The van der Waals surface area contributed by atoms with Crippen LogP contribution in [0.4, 0.5) is 4.39 Å². The molecule has 5 atom stereocenters. The van der Waals surface area contributed by atoms with Gasteiger partial charge < -0.3 is 24.4 Å².